The van der Waals surface area contributed by atoms with Gasteiger partial charge in [-0.3, -0.25) is 4.98 Å². The van der Waals surface area contributed by atoms with Gasteiger partial charge in [-0.15, -0.1) is 0 Å². The quantitative estimate of drug-likeness (QED) is 0.505. The van der Waals surface area contributed by atoms with Crippen molar-refractivity contribution in [2.45, 2.75) is 59.1 Å². The van der Waals surface area contributed by atoms with Crippen LogP contribution >= 0.6 is 13.5 Å². The fourth-order valence-electron chi connectivity index (χ4n) is 3.04. The minimum atomic E-state index is 0. The van der Waals surface area contributed by atoms with E-state index in [1.54, 1.807) is 19.5 Å². The van der Waals surface area contributed by atoms with Crippen molar-refractivity contribution in [3.8, 4) is 11.5 Å². The molecule has 2 heterocycles. The predicted octanol–water partition coefficient (Wildman–Crippen LogP) is 3.12. The van der Waals surface area contributed by atoms with Crippen molar-refractivity contribution in [3.05, 3.63) is 29.2 Å². The summed E-state index contributed by atoms with van der Waals surface area (Å²) in [4.78, 5) is 12.8. The first-order valence-corrected chi connectivity index (χ1v) is 9.61. The summed E-state index contributed by atoms with van der Waals surface area (Å²) in [5.74, 6) is 2.00. The third-order valence-electron chi connectivity index (χ3n) is 4.61. The molecular weight excluding hydrogens is 390 g/mol. The molecule has 0 bridgehead atoms. The molecule has 0 aliphatic carbocycles. The number of hydrogen-bond donors (Lipinski definition) is 3. The van der Waals surface area contributed by atoms with E-state index >= 15 is 0 Å². The number of nitrogens with one attached hydrogen (secondary N) is 1. The summed E-state index contributed by atoms with van der Waals surface area (Å²) in [7, 11) is 1.65. The molecule has 2 rings (SSSR count). The van der Waals surface area contributed by atoms with E-state index in [2.05, 4.69) is 27.2 Å². The molecule has 0 radical (unpaired) electrons. The molecule has 0 aliphatic rings. The zero-order chi connectivity index (χ0) is 20.5. The highest BCUT2D eigenvalue weighted by atomic mass is 32.1. The smallest absolute Gasteiger partial charge is 0.222 e. The summed E-state index contributed by atoms with van der Waals surface area (Å²) in [6.45, 7) is 6.40. The van der Waals surface area contributed by atoms with E-state index in [1.165, 1.54) is 0 Å². The van der Waals surface area contributed by atoms with Gasteiger partial charge in [-0.2, -0.15) is 18.5 Å². The molecule has 0 saturated carbocycles. The summed E-state index contributed by atoms with van der Waals surface area (Å²) in [6, 6.07) is 0.0842. The maximum absolute atomic E-state index is 9.34. The van der Waals surface area contributed by atoms with E-state index < -0.39 is 0 Å². The fourth-order valence-corrected chi connectivity index (χ4v) is 3.04. The number of unbranched alkanes of at least 4 members (excludes halogenated alkanes) is 1. The highest BCUT2D eigenvalue weighted by Crippen LogP contribution is 2.28. The highest BCUT2D eigenvalue weighted by molar-refractivity contribution is 7.59. The van der Waals surface area contributed by atoms with Crippen LogP contribution in [0.5, 0.6) is 11.5 Å². The zero-order valence-corrected chi connectivity index (χ0v) is 18.7. The number of aliphatic hydroxyl groups excluding tert-OH is 1. The van der Waals surface area contributed by atoms with E-state index in [0.29, 0.717) is 18.0 Å². The maximum Gasteiger partial charge on any atom is 0.222 e. The molecule has 0 unspecified atom stereocenters. The van der Waals surface area contributed by atoms with Crippen molar-refractivity contribution in [2.24, 2.45) is 0 Å². The normalized spacial score (nSPS) is 11.5. The Morgan fingerprint density at radius 1 is 1.21 bits per heavy atom. The van der Waals surface area contributed by atoms with Crippen LogP contribution in [-0.4, -0.2) is 39.8 Å². The first-order valence-electron chi connectivity index (χ1n) is 9.61. The molecule has 0 spiro atoms. The number of nitrogens with zero attached hydrogens (tertiary/aromatic N) is 3. The van der Waals surface area contributed by atoms with Crippen LogP contribution in [0.1, 0.15) is 49.4 Å². The topological polar surface area (TPSA) is 115 Å². The lowest BCUT2D eigenvalue weighted by molar-refractivity contribution is 0.275. The van der Waals surface area contributed by atoms with Crippen LogP contribution in [0.25, 0.3) is 0 Å². The third kappa shape index (κ3) is 6.93. The first kappa shape index (κ1) is 24.8. The van der Waals surface area contributed by atoms with Crippen LogP contribution in [-0.2, 0) is 6.61 Å². The molecule has 29 heavy (non-hydrogen) atoms. The van der Waals surface area contributed by atoms with Gasteiger partial charge in [-0.1, -0.05) is 19.8 Å². The van der Waals surface area contributed by atoms with Crippen LogP contribution in [0.3, 0.4) is 0 Å². The van der Waals surface area contributed by atoms with Crippen LogP contribution < -0.4 is 20.5 Å². The number of nitrogens with two attached hydrogens (primary N) is 1. The van der Waals surface area contributed by atoms with E-state index in [1.807, 2.05) is 13.8 Å². The number of ether oxygens (including phenoxy) is 2. The van der Waals surface area contributed by atoms with Crippen molar-refractivity contribution < 1.29 is 14.6 Å². The molecule has 9 heteroatoms. The Bertz CT molecular complexity index is 776. The van der Waals surface area contributed by atoms with Gasteiger partial charge < -0.3 is 25.6 Å². The molecule has 0 amide bonds. The number of aryl methyl sites for hydroxylation is 1. The number of nitrogen functional groups attached to an aromatic ring is 1. The van der Waals surface area contributed by atoms with Gasteiger partial charge in [0.15, 0.2) is 11.6 Å². The minimum Gasteiger partial charge on any atom is -0.496 e. The van der Waals surface area contributed by atoms with E-state index in [0.717, 1.165) is 41.8 Å². The molecule has 4 N–H and O–H groups in total. The summed E-state index contributed by atoms with van der Waals surface area (Å²) < 4.78 is 11.4. The van der Waals surface area contributed by atoms with E-state index in [9.17, 15) is 5.11 Å². The lowest BCUT2D eigenvalue weighted by Crippen LogP contribution is -2.22. The molecule has 0 fully saturated rings. The van der Waals surface area contributed by atoms with Gasteiger partial charge in [0.25, 0.3) is 0 Å². The Labute approximate surface area is 179 Å². The molecule has 0 saturated heterocycles. The molecule has 2 aromatic heterocycles. The molecule has 8 nitrogen and oxygen atoms in total. The van der Waals surface area contributed by atoms with Crippen LogP contribution in [0.15, 0.2) is 12.4 Å². The number of hydrogen-bond acceptors (Lipinski definition) is 8. The lowest BCUT2D eigenvalue weighted by atomic mass is 10.1. The number of pyridine rings is 1. The second-order valence-electron chi connectivity index (χ2n) is 6.77. The second kappa shape index (κ2) is 12.3. The van der Waals surface area contributed by atoms with Crippen molar-refractivity contribution in [3.63, 3.8) is 0 Å². The standard InChI is InChI=1S/C20H31N5O3.H2S/c1-5-6-7-15(8-9-26)24-19-17(11-23-20(21)25-19)28-12-16-14(3)18(27-4)13(2)10-22-16;/h10-11,15,26H,5-9,12H2,1-4H3,(H3,21,23,24,25);1H2/t15-;/m0./s1. The van der Waals surface area contributed by atoms with Gasteiger partial charge in [0.05, 0.1) is 19.0 Å². The van der Waals surface area contributed by atoms with Gasteiger partial charge >= 0.3 is 0 Å². The van der Waals surface area contributed by atoms with Gasteiger partial charge in [-0.05, 0) is 26.7 Å². The zero-order valence-electron chi connectivity index (χ0n) is 17.7. The average Bonchev–Trinajstić information content (AvgIpc) is 2.67. The predicted molar refractivity (Wildman–Crippen MR) is 120 cm³/mol. The summed E-state index contributed by atoms with van der Waals surface area (Å²) >= 11 is 0. The molecule has 0 aliphatic heterocycles. The summed E-state index contributed by atoms with van der Waals surface area (Å²) in [5.41, 5.74) is 8.46. The van der Waals surface area contributed by atoms with E-state index in [4.69, 9.17) is 15.2 Å². The number of rotatable bonds is 11. The molecule has 162 valence electrons. The van der Waals surface area contributed by atoms with Gasteiger partial charge in [-0.25, -0.2) is 4.98 Å². The fraction of sp³-hybridized carbons (Fsp3) is 0.550. The number of methoxy groups -OCH3 is 1. The minimum absolute atomic E-state index is 0. The number of anilines is 2. The van der Waals surface area contributed by atoms with Crippen LogP contribution in [0.4, 0.5) is 11.8 Å². The van der Waals surface area contributed by atoms with Crippen molar-refractivity contribution in [1.82, 2.24) is 15.0 Å². The Morgan fingerprint density at radius 2 is 1.97 bits per heavy atom. The van der Waals surface area contributed by atoms with Gasteiger partial charge in [0.1, 0.15) is 12.4 Å². The Morgan fingerprint density at radius 3 is 2.62 bits per heavy atom. The summed E-state index contributed by atoms with van der Waals surface area (Å²) in [5, 5.41) is 12.7. The average molecular weight is 424 g/mol. The third-order valence-corrected chi connectivity index (χ3v) is 4.61. The second-order valence-corrected chi connectivity index (χ2v) is 6.77. The number of aliphatic hydroxyl groups is 1. The van der Waals surface area contributed by atoms with Crippen LogP contribution in [0, 0.1) is 13.8 Å². The van der Waals surface area contributed by atoms with Gasteiger partial charge in [0.2, 0.25) is 5.95 Å². The van der Waals surface area contributed by atoms with Crippen molar-refractivity contribution >= 4 is 25.3 Å². The first-order chi connectivity index (χ1) is 13.5. The van der Waals surface area contributed by atoms with Crippen molar-refractivity contribution in [1.29, 1.82) is 0 Å². The molecule has 2 aromatic rings. The highest BCUT2D eigenvalue weighted by Gasteiger charge is 2.15. The largest absolute Gasteiger partial charge is 0.496 e. The van der Waals surface area contributed by atoms with E-state index in [-0.39, 0.29) is 38.7 Å². The Balaban J connectivity index is 0.00000420. The summed E-state index contributed by atoms with van der Waals surface area (Å²) in [6.07, 6.45) is 7.02. The molecular formula is C20H33N5O3S. The van der Waals surface area contributed by atoms with Crippen molar-refractivity contribution in [2.75, 3.05) is 24.8 Å². The molecule has 1 atom stereocenters. The Hall–Kier alpha value is -2.26. The monoisotopic (exact) mass is 423 g/mol. The Kier molecular flexibility index (Phi) is 10.5. The molecule has 0 aromatic carbocycles. The van der Waals surface area contributed by atoms with Crippen LogP contribution in [0.2, 0.25) is 0 Å². The number of aromatic nitrogens is 3. The lowest BCUT2D eigenvalue weighted by Gasteiger charge is -2.20. The SMILES string of the molecule is CCCC[C@@H](CCO)Nc1nc(N)ncc1OCc1ncc(C)c(OC)c1C.S. The van der Waals surface area contributed by atoms with Gasteiger partial charge in [0, 0.05) is 30.0 Å². The maximum atomic E-state index is 9.34.